The molecule has 6 rings (SSSR count). The number of carbonyl (C=O) groups excluding carboxylic acids is 5. The number of fused-ring (bicyclic) bond motifs is 6. The SMILES string of the molecule is COC(=O)[C@H](Cc1c[nH]c2ccccc12)NC(=O)CCC(=O)OCC(=O)[C@]1(O)CC[C@@H]2[C@@H]3CCC4=CC(=O)C=C[C@]4(C)[C@@H]3[C@@H](O)C[C@@]21C. The Morgan fingerprint density at radius 2 is 1.90 bits per heavy atom. The Balaban J connectivity index is 1.04. The van der Waals surface area contributed by atoms with E-state index in [1.165, 1.54) is 7.11 Å². The molecule has 1 amide bonds. The number of ether oxygens (including phenoxy) is 2. The fourth-order valence-corrected chi connectivity index (χ4v) is 9.46. The summed E-state index contributed by atoms with van der Waals surface area (Å²) in [6, 6.07) is 6.61. The molecule has 1 heterocycles. The largest absolute Gasteiger partial charge is 0.467 e. The van der Waals surface area contributed by atoms with E-state index >= 15 is 0 Å². The molecular weight excluding hydrogens is 616 g/mol. The first-order valence-corrected chi connectivity index (χ1v) is 16.8. The maximum atomic E-state index is 13.6. The van der Waals surface area contributed by atoms with E-state index in [2.05, 4.69) is 17.2 Å². The third kappa shape index (κ3) is 5.70. The van der Waals surface area contributed by atoms with Gasteiger partial charge in [-0.25, -0.2) is 4.79 Å². The monoisotopic (exact) mass is 660 g/mol. The highest BCUT2D eigenvalue weighted by atomic mass is 16.5. The van der Waals surface area contributed by atoms with Crippen molar-refractivity contribution in [2.24, 2.45) is 28.6 Å². The predicted molar refractivity (Wildman–Crippen MR) is 174 cm³/mol. The highest BCUT2D eigenvalue weighted by molar-refractivity contribution is 6.01. The minimum atomic E-state index is -1.78. The van der Waals surface area contributed by atoms with Crippen molar-refractivity contribution in [3.05, 3.63) is 59.8 Å². The number of aliphatic hydroxyl groups excluding tert-OH is 1. The Bertz CT molecular complexity index is 1710. The van der Waals surface area contributed by atoms with E-state index in [0.29, 0.717) is 12.8 Å². The fraction of sp³-hybridized carbons (Fsp3) is 0.541. The number of nitrogens with one attached hydrogen (secondary N) is 2. The molecule has 11 heteroatoms. The molecule has 0 bridgehead atoms. The van der Waals surface area contributed by atoms with Crippen molar-refractivity contribution < 1.29 is 43.7 Å². The molecule has 4 aliphatic rings. The van der Waals surface area contributed by atoms with E-state index in [0.717, 1.165) is 28.5 Å². The van der Waals surface area contributed by atoms with Gasteiger partial charge in [0.25, 0.3) is 0 Å². The number of hydrogen-bond donors (Lipinski definition) is 4. The van der Waals surface area contributed by atoms with Gasteiger partial charge < -0.3 is 30.0 Å². The number of aliphatic hydroxyl groups is 2. The molecule has 4 N–H and O–H groups in total. The second-order valence-electron chi connectivity index (χ2n) is 14.4. The van der Waals surface area contributed by atoms with Gasteiger partial charge >= 0.3 is 11.9 Å². The Morgan fingerprint density at radius 1 is 1.12 bits per heavy atom. The Hall–Kier alpha value is -4.09. The Morgan fingerprint density at radius 3 is 2.67 bits per heavy atom. The second-order valence-corrected chi connectivity index (χ2v) is 14.4. The van der Waals surface area contributed by atoms with Crippen molar-refractivity contribution in [1.29, 1.82) is 0 Å². The number of carbonyl (C=O) groups is 5. The minimum absolute atomic E-state index is 0.0318. The molecule has 0 unspecified atom stereocenters. The van der Waals surface area contributed by atoms with E-state index in [9.17, 15) is 34.2 Å². The van der Waals surface area contributed by atoms with Gasteiger partial charge in [-0.1, -0.05) is 43.7 Å². The summed E-state index contributed by atoms with van der Waals surface area (Å²) in [5.41, 5.74) is -0.424. The molecule has 0 aliphatic heterocycles. The molecule has 0 spiro atoms. The van der Waals surface area contributed by atoms with Crippen LogP contribution in [-0.2, 0) is 39.9 Å². The van der Waals surface area contributed by atoms with Crippen LogP contribution >= 0.6 is 0 Å². The first-order chi connectivity index (χ1) is 22.8. The summed E-state index contributed by atoms with van der Waals surface area (Å²) in [6.07, 6.45) is 8.20. The van der Waals surface area contributed by atoms with Crippen LogP contribution in [-0.4, -0.2) is 76.1 Å². The van der Waals surface area contributed by atoms with E-state index in [1.54, 1.807) is 18.3 Å². The number of hydrogen-bond acceptors (Lipinski definition) is 9. The Labute approximate surface area is 279 Å². The number of allylic oxidation sites excluding steroid dienone is 4. The minimum Gasteiger partial charge on any atom is -0.467 e. The van der Waals surface area contributed by atoms with Gasteiger partial charge in [-0.05, 0) is 67.7 Å². The summed E-state index contributed by atoms with van der Waals surface area (Å²) in [5, 5.41) is 27.0. The molecule has 2 aromatic rings. The van der Waals surface area contributed by atoms with Crippen LogP contribution in [0.3, 0.4) is 0 Å². The topological polar surface area (TPSA) is 172 Å². The molecule has 1 aromatic heterocycles. The number of rotatable bonds is 10. The van der Waals surface area contributed by atoms with Gasteiger partial charge in [0.2, 0.25) is 11.7 Å². The summed E-state index contributed by atoms with van der Waals surface area (Å²) in [7, 11) is 1.23. The molecule has 4 aliphatic carbocycles. The molecule has 11 nitrogen and oxygen atoms in total. The maximum Gasteiger partial charge on any atom is 0.328 e. The van der Waals surface area contributed by atoms with Crippen molar-refractivity contribution in [2.75, 3.05) is 13.7 Å². The molecule has 3 fully saturated rings. The highest BCUT2D eigenvalue weighted by Gasteiger charge is 2.68. The lowest BCUT2D eigenvalue weighted by Crippen LogP contribution is -2.61. The van der Waals surface area contributed by atoms with Crippen LogP contribution in [0.15, 0.2) is 54.3 Å². The number of aromatic nitrogens is 1. The first-order valence-electron chi connectivity index (χ1n) is 16.8. The second kappa shape index (κ2) is 12.7. The van der Waals surface area contributed by atoms with Crippen LogP contribution < -0.4 is 5.32 Å². The molecule has 1 aromatic carbocycles. The van der Waals surface area contributed by atoms with Gasteiger partial charge in [-0.2, -0.15) is 0 Å². The molecule has 3 saturated carbocycles. The standard InChI is InChI=1S/C37H44N2O9/c1-35-14-12-23(40)17-22(35)8-9-25-26-13-15-37(46,36(26,2)18-29(41)33(25)35)30(42)20-48-32(44)11-10-31(43)39-28(34(45)47-3)16-21-19-38-27-7-5-4-6-24(21)27/h4-7,12,14,17,19,25-26,28-29,33,38,41,46H,8-11,13,15-16,18,20H2,1-3H3,(H,39,43)/t25-,26+,28-,29-,33-,35-,36-,37+/m0/s1. The lowest BCUT2D eigenvalue weighted by atomic mass is 9.46. The van der Waals surface area contributed by atoms with Gasteiger partial charge in [0, 0.05) is 46.7 Å². The van der Waals surface area contributed by atoms with Crippen molar-refractivity contribution in [2.45, 2.75) is 83.0 Å². The highest BCUT2D eigenvalue weighted by Crippen LogP contribution is 2.67. The average Bonchev–Trinajstić information content (AvgIpc) is 3.59. The van der Waals surface area contributed by atoms with E-state index < -0.39 is 58.8 Å². The number of para-hydroxylation sites is 1. The molecular formula is C37H44N2O9. The van der Waals surface area contributed by atoms with Crippen molar-refractivity contribution in [3.63, 3.8) is 0 Å². The van der Waals surface area contributed by atoms with E-state index in [4.69, 9.17) is 9.47 Å². The number of esters is 2. The van der Waals surface area contributed by atoms with Crippen LogP contribution in [0.4, 0.5) is 0 Å². The Kier molecular flexibility index (Phi) is 8.97. The number of Topliss-reactive ketones (excluding diaryl/α,β-unsaturated/α-hetero) is 1. The lowest BCUT2D eigenvalue weighted by Gasteiger charge is -2.59. The summed E-state index contributed by atoms with van der Waals surface area (Å²) >= 11 is 0. The lowest BCUT2D eigenvalue weighted by molar-refractivity contribution is -0.181. The molecule has 48 heavy (non-hydrogen) atoms. The maximum absolute atomic E-state index is 13.6. The van der Waals surface area contributed by atoms with E-state index in [-0.39, 0.29) is 55.6 Å². The van der Waals surface area contributed by atoms with Crippen LogP contribution in [0, 0.1) is 28.6 Å². The zero-order valence-corrected chi connectivity index (χ0v) is 27.6. The van der Waals surface area contributed by atoms with Crippen molar-refractivity contribution in [1.82, 2.24) is 10.3 Å². The number of methoxy groups -OCH3 is 1. The van der Waals surface area contributed by atoms with Gasteiger partial charge in [0.1, 0.15) is 11.6 Å². The summed E-state index contributed by atoms with van der Waals surface area (Å²) in [5.74, 6) is -2.74. The zero-order valence-electron chi connectivity index (χ0n) is 27.6. The molecule has 0 saturated heterocycles. The van der Waals surface area contributed by atoms with Crippen molar-refractivity contribution >= 4 is 40.3 Å². The number of benzene rings is 1. The van der Waals surface area contributed by atoms with Crippen LogP contribution in [0.25, 0.3) is 10.9 Å². The normalized spacial score (nSPS) is 32.8. The summed E-state index contributed by atoms with van der Waals surface area (Å²) < 4.78 is 10.1. The van der Waals surface area contributed by atoms with Crippen molar-refractivity contribution in [3.8, 4) is 0 Å². The van der Waals surface area contributed by atoms with Crippen LogP contribution in [0.5, 0.6) is 0 Å². The predicted octanol–water partition coefficient (Wildman–Crippen LogP) is 3.27. The van der Waals surface area contributed by atoms with Crippen LogP contribution in [0.2, 0.25) is 0 Å². The van der Waals surface area contributed by atoms with Gasteiger partial charge in [-0.3, -0.25) is 19.2 Å². The quantitative estimate of drug-likeness (QED) is 0.279. The van der Waals surface area contributed by atoms with Gasteiger partial charge in [-0.15, -0.1) is 0 Å². The third-order valence-corrected chi connectivity index (χ3v) is 11.9. The van der Waals surface area contributed by atoms with Crippen LogP contribution in [0.1, 0.15) is 64.4 Å². The first kappa shape index (κ1) is 33.8. The zero-order chi connectivity index (χ0) is 34.4. The van der Waals surface area contributed by atoms with Gasteiger partial charge in [0.05, 0.1) is 19.6 Å². The number of aromatic amines is 1. The fourth-order valence-electron chi connectivity index (χ4n) is 9.46. The third-order valence-electron chi connectivity index (χ3n) is 11.9. The summed E-state index contributed by atoms with van der Waals surface area (Å²) in [6.45, 7) is 3.27. The molecule has 256 valence electrons. The smallest absolute Gasteiger partial charge is 0.328 e. The number of amides is 1. The molecule has 8 atom stereocenters. The van der Waals surface area contributed by atoms with Gasteiger partial charge in [0.15, 0.2) is 12.4 Å². The molecule has 0 radical (unpaired) electrons. The number of H-pyrrole nitrogens is 1. The average molecular weight is 661 g/mol. The summed E-state index contributed by atoms with van der Waals surface area (Å²) in [4.78, 5) is 66.6. The van der Waals surface area contributed by atoms with E-state index in [1.807, 2.05) is 37.3 Å². The number of ketones is 2.